The van der Waals surface area contributed by atoms with Gasteiger partial charge in [-0.1, -0.05) is 6.07 Å². The quantitative estimate of drug-likeness (QED) is 0.647. The smallest absolute Gasteiger partial charge is 0.293 e. The predicted octanol–water partition coefficient (Wildman–Crippen LogP) is 1.68. The highest BCUT2D eigenvalue weighted by molar-refractivity contribution is 6.09. The number of nitrogens with one attached hydrogen (secondary N) is 2. The number of anilines is 2. The van der Waals surface area contributed by atoms with Crippen molar-refractivity contribution in [1.29, 1.82) is 0 Å². The van der Waals surface area contributed by atoms with E-state index in [-0.39, 0.29) is 16.9 Å². The number of aromatic nitrogens is 2. The second kappa shape index (κ2) is 5.74. The lowest BCUT2D eigenvalue weighted by Gasteiger charge is -2.09. The number of carbonyl (C=O) groups is 1. The summed E-state index contributed by atoms with van der Waals surface area (Å²) in [5.41, 5.74) is 0.577. The molecule has 0 fully saturated rings. The fraction of sp³-hybridized carbons (Fsp3) is 0.0833. The van der Waals surface area contributed by atoms with E-state index in [4.69, 9.17) is 0 Å². The van der Waals surface area contributed by atoms with Crippen LogP contribution >= 0.6 is 0 Å². The predicted molar refractivity (Wildman–Crippen MR) is 72.6 cm³/mol. The van der Waals surface area contributed by atoms with Crippen LogP contribution in [0.1, 0.15) is 10.4 Å². The van der Waals surface area contributed by atoms with Crippen LogP contribution in [0.3, 0.4) is 0 Å². The van der Waals surface area contributed by atoms with Crippen LogP contribution < -0.4 is 10.6 Å². The highest BCUT2D eigenvalue weighted by Crippen LogP contribution is 2.28. The van der Waals surface area contributed by atoms with Crippen molar-refractivity contribution in [1.82, 2.24) is 9.97 Å². The van der Waals surface area contributed by atoms with Crippen molar-refractivity contribution < 1.29 is 9.72 Å². The molecule has 1 aromatic heterocycles. The number of nitro groups is 1. The number of amides is 1. The lowest BCUT2D eigenvalue weighted by atomic mass is 10.1. The molecule has 0 atom stereocenters. The summed E-state index contributed by atoms with van der Waals surface area (Å²) in [5.74, 6) is -0.479. The van der Waals surface area contributed by atoms with Crippen LogP contribution in [0.2, 0.25) is 0 Å². The van der Waals surface area contributed by atoms with Crippen LogP contribution in [0.4, 0.5) is 17.1 Å². The normalized spacial score (nSPS) is 9.85. The van der Waals surface area contributed by atoms with Gasteiger partial charge >= 0.3 is 0 Å². The standard InChI is InChI=1S/C12H11N5O3/c1-13-11-9(3-2-4-10(11)17(19)20)12(18)16-8-5-14-7-15-6-8/h2-7,13H,1H3,(H,16,18). The van der Waals surface area contributed by atoms with E-state index in [2.05, 4.69) is 20.6 Å². The fourth-order valence-electron chi connectivity index (χ4n) is 1.71. The van der Waals surface area contributed by atoms with Crippen LogP contribution in [0.15, 0.2) is 36.9 Å². The number of hydrogen-bond acceptors (Lipinski definition) is 6. The largest absolute Gasteiger partial charge is 0.382 e. The maximum absolute atomic E-state index is 12.1. The number of nitrogens with zero attached hydrogens (tertiary/aromatic N) is 3. The maximum atomic E-state index is 12.1. The van der Waals surface area contributed by atoms with Gasteiger partial charge in [-0.05, 0) is 6.07 Å². The zero-order valence-corrected chi connectivity index (χ0v) is 10.5. The molecule has 8 heteroatoms. The van der Waals surface area contributed by atoms with Crippen LogP contribution in [0.25, 0.3) is 0 Å². The molecule has 102 valence electrons. The Labute approximate surface area is 114 Å². The van der Waals surface area contributed by atoms with Crippen LogP contribution in [0.5, 0.6) is 0 Å². The van der Waals surface area contributed by atoms with Crippen molar-refractivity contribution in [2.45, 2.75) is 0 Å². The lowest BCUT2D eigenvalue weighted by molar-refractivity contribution is -0.384. The molecule has 1 amide bonds. The summed E-state index contributed by atoms with van der Waals surface area (Å²) < 4.78 is 0. The Balaban J connectivity index is 2.35. The van der Waals surface area contributed by atoms with E-state index >= 15 is 0 Å². The van der Waals surface area contributed by atoms with Crippen molar-refractivity contribution in [3.8, 4) is 0 Å². The van der Waals surface area contributed by atoms with Crippen LogP contribution in [-0.2, 0) is 0 Å². The average molecular weight is 273 g/mol. The third-order valence-corrected chi connectivity index (χ3v) is 2.55. The van der Waals surface area contributed by atoms with E-state index in [1.807, 2.05) is 0 Å². The maximum Gasteiger partial charge on any atom is 0.293 e. The van der Waals surface area contributed by atoms with Gasteiger partial charge < -0.3 is 10.6 Å². The SMILES string of the molecule is CNc1c(C(=O)Nc2cncnc2)cccc1[N+](=O)[O-]. The average Bonchev–Trinajstić information content (AvgIpc) is 2.47. The highest BCUT2D eigenvalue weighted by Gasteiger charge is 2.20. The van der Waals surface area contributed by atoms with Gasteiger partial charge in [0.15, 0.2) is 0 Å². The molecule has 0 unspecified atom stereocenters. The van der Waals surface area contributed by atoms with E-state index in [1.54, 1.807) is 0 Å². The fourth-order valence-corrected chi connectivity index (χ4v) is 1.71. The molecule has 0 aliphatic carbocycles. The Morgan fingerprint density at radius 2 is 2.00 bits per heavy atom. The van der Waals surface area contributed by atoms with Crippen molar-refractivity contribution in [3.63, 3.8) is 0 Å². The van der Waals surface area contributed by atoms with Gasteiger partial charge in [-0.25, -0.2) is 9.97 Å². The van der Waals surface area contributed by atoms with Crippen LogP contribution in [-0.4, -0.2) is 27.8 Å². The van der Waals surface area contributed by atoms with Gasteiger partial charge in [0.25, 0.3) is 11.6 Å². The topological polar surface area (TPSA) is 110 Å². The number of hydrogen-bond donors (Lipinski definition) is 2. The summed E-state index contributed by atoms with van der Waals surface area (Å²) in [6, 6.07) is 4.28. The molecule has 2 aromatic rings. The molecule has 0 saturated heterocycles. The summed E-state index contributed by atoms with van der Waals surface area (Å²) in [4.78, 5) is 30.1. The van der Waals surface area contributed by atoms with Gasteiger partial charge in [0.2, 0.25) is 0 Å². The van der Waals surface area contributed by atoms with E-state index in [0.717, 1.165) is 0 Å². The molecule has 8 nitrogen and oxygen atoms in total. The molecular formula is C12H11N5O3. The van der Waals surface area contributed by atoms with Crippen LogP contribution in [0, 0.1) is 10.1 Å². The minimum Gasteiger partial charge on any atom is -0.382 e. The molecule has 0 aliphatic heterocycles. The van der Waals surface area contributed by atoms with Gasteiger partial charge in [0, 0.05) is 13.1 Å². The molecule has 2 rings (SSSR count). The summed E-state index contributed by atoms with van der Waals surface area (Å²) >= 11 is 0. The zero-order chi connectivity index (χ0) is 14.5. The number of para-hydroxylation sites is 1. The minimum absolute atomic E-state index is 0.159. The van der Waals surface area contributed by atoms with Gasteiger partial charge in [-0.3, -0.25) is 14.9 Å². The van der Waals surface area contributed by atoms with Crippen molar-refractivity contribution in [2.24, 2.45) is 0 Å². The summed E-state index contributed by atoms with van der Waals surface area (Å²) in [5, 5.41) is 16.2. The van der Waals surface area contributed by atoms with Crippen molar-refractivity contribution in [2.75, 3.05) is 17.7 Å². The second-order valence-electron chi connectivity index (χ2n) is 3.79. The highest BCUT2D eigenvalue weighted by atomic mass is 16.6. The Hall–Kier alpha value is -3.03. The minimum atomic E-state index is -0.547. The first-order valence-electron chi connectivity index (χ1n) is 5.65. The Morgan fingerprint density at radius 1 is 1.30 bits per heavy atom. The first-order chi connectivity index (χ1) is 9.63. The Kier molecular flexibility index (Phi) is 3.85. The van der Waals surface area contributed by atoms with Gasteiger partial charge in [-0.15, -0.1) is 0 Å². The van der Waals surface area contributed by atoms with E-state index in [9.17, 15) is 14.9 Å². The third-order valence-electron chi connectivity index (χ3n) is 2.55. The Morgan fingerprint density at radius 3 is 2.60 bits per heavy atom. The number of nitro benzene ring substituents is 1. The molecule has 0 spiro atoms. The van der Waals surface area contributed by atoms with Gasteiger partial charge in [0.05, 0.1) is 28.6 Å². The van der Waals surface area contributed by atoms with E-state index < -0.39 is 10.8 Å². The lowest BCUT2D eigenvalue weighted by Crippen LogP contribution is -2.15. The summed E-state index contributed by atoms with van der Waals surface area (Å²) in [6.07, 6.45) is 4.20. The molecule has 0 bridgehead atoms. The molecule has 1 heterocycles. The van der Waals surface area contributed by atoms with Crippen molar-refractivity contribution >= 4 is 23.0 Å². The summed E-state index contributed by atoms with van der Waals surface area (Å²) in [6.45, 7) is 0. The van der Waals surface area contributed by atoms with Crippen molar-refractivity contribution in [3.05, 3.63) is 52.6 Å². The molecule has 0 radical (unpaired) electrons. The second-order valence-corrected chi connectivity index (χ2v) is 3.79. The molecule has 2 N–H and O–H groups in total. The molecular weight excluding hydrogens is 262 g/mol. The number of benzene rings is 1. The number of rotatable bonds is 4. The molecule has 0 aliphatic rings. The summed E-state index contributed by atoms with van der Waals surface area (Å²) in [7, 11) is 1.52. The first-order valence-corrected chi connectivity index (χ1v) is 5.65. The third kappa shape index (κ3) is 2.69. The Bertz CT molecular complexity index is 645. The molecule has 1 aromatic carbocycles. The van der Waals surface area contributed by atoms with E-state index in [0.29, 0.717) is 5.69 Å². The first kappa shape index (κ1) is 13.4. The van der Waals surface area contributed by atoms with Gasteiger partial charge in [-0.2, -0.15) is 0 Å². The monoisotopic (exact) mass is 273 g/mol. The molecule has 20 heavy (non-hydrogen) atoms. The zero-order valence-electron chi connectivity index (χ0n) is 10.5. The van der Waals surface area contributed by atoms with E-state index in [1.165, 1.54) is 44.0 Å². The molecule has 0 saturated carbocycles. The number of carbonyl (C=O) groups excluding carboxylic acids is 1. The van der Waals surface area contributed by atoms with Gasteiger partial charge in [0.1, 0.15) is 12.0 Å².